The van der Waals surface area contributed by atoms with Crippen molar-refractivity contribution in [2.45, 2.75) is 39.2 Å². The lowest BCUT2D eigenvalue weighted by molar-refractivity contribution is -0.128. The van der Waals surface area contributed by atoms with Gasteiger partial charge in [0.15, 0.2) is 0 Å². The summed E-state index contributed by atoms with van der Waals surface area (Å²) in [5, 5.41) is 0. The van der Waals surface area contributed by atoms with Crippen molar-refractivity contribution in [2.75, 3.05) is 26.3 Å². The number of nitrogens with zero attached hydrogens (tertiary/aromatic N) is 1. The zero-order chi connectivity index (χ0) is 11.5. The summed E-state index contributed by atoms with van der Waals surface area (Å²) in [6, 6.07) is 0.420. The summed E-state index contributed by atoms with van der Waals surface area (Å²) in [4.78, 5) is 14.1. The van der Waals surface area contributed by atoms with Crippen LogP contribution in [0.5, 0.6) is 0 Å². The van der Waals surface area contributed by atoms with Gasteiger partial charge in [-0.15, -0.1) is 0 Å². The minimum absolute atomic E-state index is 0.216. The number of likely N-dealkylation sites (tertiary alicyclic amines) is 1. The molecule has 2 heterocycles. The first-order chi connectivity index (χ1) is 7.68. The predicted molar refractivity (Wildman–Crippen MR) is 63.4 cm³/mol. The number of ketones is 1. The monoisotopic (exact) mass is 225 g/mol. The van der Waals surface area contributed by atoms with E-state index in [4.69, 9.17) is 4.74 Å². The summed E-state index contributed by atoms with van der Waals surface area (Å²) in [5.74, 6) is 1.43. The van der Waals surface area contributed by atoms with Crippen molar-refractivity contribution in [2.24, 2.45) is 11.8 Å². The fourth-order valence-corrected chi connectivity index (χ4v) is 2.79. The zero-order valence-corrected chi connectivity index (χ0v) is 10.4. The molecule has 92 valence electrons. The van der Waals surface area contributed by atoms with Crippen LogP contribution in [-0.4, -0.2) is 43.0 Å². The molecule has 2 saturated heterocycles. The van der Waals surface area contributed by atoms with Gasteiger partial charge in [-0.3, -0.25) is 9.69 Å². The first-order valence-electron chi connectivity index (χ1n) is 6.53. The van der Waals surface area contributed by atoms with E-state index in [-0.39, 0.29) is 5.92 Å². The Morgan fingerprint density at radius 2 is 2.00 bits per heavy atom. The third-order valence-electron chi connectivity index (χ3n) is 4.29. The van der Waals surface area contributed by atoms with Crippen LogP contribution in [0.2, 0.25) is 0 Å². The molecule has 2 aliphatic rings. The maximum absolute atomic E-state index is 11.6. The molecule has 0 saturated carbocycles. The molecule has 0 aromatic rings. The largest absolute Gasteiger partial charge is 0.381 e. The van der Waals surface area contributed by atoms with Crippen molar-refractivity contribution < 1.29 is 9.53 Å². The Morgan fingerprint density at radius 3 is 2.69 bits per heavy atom. The molecular weight excluding hydrogens is 202 g/mol. The Balaban J connectivity index is 1.86. The average Bonchev–Trinajstić information content (AvgIpc) is 2.31. The molecule has 2 fully saturated rings. The van der Waals surface area contributed by atoms with Gasteiger partial charge in [0.2, 0.25) is 0 Å². The van der Waals surface area contributed by atoms with Crippen LogP contribution in [0.1, 0.15) is 33.1 Å². The predicted octanol–water partition coefficient (Wildman–Crippen LogP) is 1.71. The molecule has 0 aromatic heterocycles. The van der Waals surface area contributed by atoms with Gasteiger partial charge in [0.25, 0.3) is 0 Å². The standard InChI is InChI=1S/C13H23NO2/c1-10-11(2)14(6-3-13(10)15)9-12-4-7-16-8-5-12/h10-12H,3-9H2,1-2H3. The van der Waals surface area contributed by atoms with E-state index in [1.165, 1.54) is 12.8 Å². The molecule has 0 radical (unpaired) electrons. The Hall–Kier alpha value is -0.410. The number of carbonyl (C=O) groups is 1. The summed E-state index contributed by atoms with van der Waals surface area (Å²) in [6.07, 6.45) is 3.12. The second-order valence-electron chi connectivity index (χ2n) is 5.30. The van der Waals surface area contributed by atoms with E-state index in [2.05, 4.69) is 18.7 Å². The molecule has 0 N–H and O–H groups in total. The minimum atomic E-state index is 0.216. The van der Waals surface area contributed by atoms with Crippen molar-refractivity contribution in [1.29, 1.82) is 0 Å². The number of Topliss-reactive ketones (excluding diaryl/α,β-unsaturated/α-hetero) is 1. The van der Waals surface area contributed by atoms with Gasteiger partial charge in [0.1, 0.15) is 5.78 Å². The molecule has 2 atom stereocenters. The number of carbonyl (C=O) groups excluding carboxylic acids is 1. The second kappa shape index (κ2) is 5.28. The molecule has 16 heavy (non-hydrogen) atoms. The SMILES string of the molecule is CC1C(=O)CCN(CC2CCOCC2)C1C. The first-order valence-corrected chi connectivity index (χ1v) is 6.53. The molecule has 2 rings (SSSR count). The first kappa shape index (κ1) is 12.1. The highest BCUT2D eigenvalue weighted by Crippen LogP contribution is 2.24. The van der Waals surface area contributed by atoms with Crippen LogP contribution in [0.4, 0.5) is 0 Å². The van der Waals surface area contributed by atoms with Gasteiger partial charge in [-0.1, -0.05) is 6.92 Å². The molecule has 2 aliphatic heterocycles. The topological polar surface area (TPSA) is 29.5 Å². The highest BCUT2D eigenvalue weighted by atomic mass is 16.5. The van der Waals surface area contributed by atoms with E-state index < -0.39 is 0 Å². The van der Waals surface area contributed by atoms with Crippen LogP contribution in [0.3, 0.4) is 0 Å². The van der Waals surface area contributed by atoms with Crippen LogP contribution in [-0.2, 0) is 9.53 Å². The van der Waals surface area contributed by atoms with Crippen LogP contribution in [0, 0.1) is 11.8 Å². The highest BCUT2D eigenvalue weighted by molar-refractivity contribution is 5.82. The van der Waals surface area contributed by atoms with E-state index >= 15 is 0 Å². The van der Waals surface area contributed by atoms with Gasteiger partial charge in [0, 0.05) is 44.7 Å². The maximum Gasteiger partial charge on any atom is 0.138 e. The molecule has 0 aromatic carbocycles. The Morgan fingerprint density at radius 1 is 1.31 bits per heavy atom. The average molecular weight is 225 g/mol. The molecule has 2 unspecified atom stereocenters. The highest BCUT2D eigenvalue weighted by Gasteiger charge is 2.32. The van der Waals surface area contributed by atoms with Crippen LogP contribution >= 0.6 is 0 Å². The summed E-state index contributed by atoms with van der Waals surface area (Å²) in [7, 11) is 0. The minimum Gasteiger partial charge on any atom is -0.381 e. The molecular formula is C13H23NO2. The van der Waals surface area contributed by atoms with E-state index in [0.29, 0.717) is 11.8 Å². The fourth-order valence-electron chi connectivity index (χ4n) is 2.79. The molecule has 0 amide bonds. The number of piperidine rings is 1. The Kier molecular flexibility index (Phi) is 3.98. The van der Waals surface area contributed by atoms with E-state index in [0.717, 1.165) is 38.6 Å². The van der Waals surface area contributed by atoms with Crippen molar-refractivity contribution in [1.82, 2.24) is 4.90 Å². The van der Waals surface area contributed by atoms with Gasteiger partial charge >= 0.3 is 0 Å². The third kappa shape index (κ3) is 2.64. The summed E-state index contributed by atoms with van der Waals surface area (Å²) >= 11 is 0. The summed E-state index contributed by atoms with van der Waals surface area (Å²) in [6.45, 7) is 8.22. The van der Waals surface area contributed by atoms with Gasteiger partial charge < -0.3 is 4.74 Å². The Bertz CT molecular complexity index is 248. The van der Waals surface area contributed by atoms with Crippen molar-refractivity contribution in [3.63, 3.8) is 0 Å². The third-order valence-corrected chi connectivity index (χ3v) is 4.29. The van der Waals surface area contributed by atoms with Crippen LogP contribution in [0.15, 0.2) is 0 Å². The molecule has 0 spiro atoms. The number of hydrogen-bond donors (Lipinski definition) is 0. The smallest absolute Gasteiger partial charge is 0.138 e. The molecule has 0 aliphatic carbocycles. The lowest BCUT2D eigenvalue weighted by Crippen LogP contribution is -2.48. The second-order valence-corrected chi connectivity index (χ2v) is 5.30. The molecule has 0 bridgehead atoms. The van der Waals surface area contributed by atoms with Crippen molar-refractivity contribution in [3.8, 4) is 0 Å². The molecule has 3 nitrogen and oxygen atoms in total. The van der Waals surface area contributed by atoms with Crippen molar-refractivity contribution >= 4 is 5.78 Å². The number of hydrogen-bond acceptors (Lipinski definition) is 3. The van der Waals surface area contributed by atoms with Gasteiger partial charge in [0.05, 0.1) is 0 Å². The number of ether oxygens (including phenoxy) is 1. The summed E-state index contributed by atoms with van der Waals surface area (Å²) < 4.78 is 5.38. The lowest BCUT2D eigenvalue weighted by atomic mass is 9.89. The van der Waals surface area contributed by atoms with Crippen molar-refractivity contribution in [3.05, 3.63) is 0 Å². The van der Waals surface area contributed by atoms with E-state index in [9.17, 15) is 4.79 Å². The van der Waals surface area contributed by atoms with Gasteiger partial charge in [-0.25, -0.2) is 0 Å². The van der Waals surface area contributed by atoms with E-state index in [1.54, 1.807) is 0 Å². The zero-order valence-electron chi connectivity index (χ0n) is 10.4. The number of rotatable bonds is 2. The quantitative estimate of drug-likeness (QED) is 0.716. The normalized spacial score (nSPS) is 34.2. The van der Waals surface area contributed by atoms with E-state index in [1.807, 2.05) is 0 Å². The van der Waals surface area contributed by atoms with Crippen LogP contribution < -0.4 is 0 Å². The van der Waals surface area contributed by atoms with Crippen LogP contribution in [0.25, 0.3) is 0 Å². The maximum atomic E-state index is 11.6. The van der Waals surface area contributed by atoms with Gasteiger partial charge in [-0.2, -0.15) is 0 Å². The summed E-state index contributed by atoms with van der Waals surface area (Å²) in [5.41, 5.74) is 0. The van der Waals surface area contributed by atoms with Gasteiger partial charge in [-0.05, 0) is 25.7 Å². The lowest BCUT2D eigenvalue weighted by Gasteiger charge is -2.39. The Labute approximate surface area is 98.1 Å². The fraction of sp³-hybridized carbons (Fsp3) is 0.923. The molecule has 3 heteroatoms.